The summed E-state index contributed by atoms with van der Waals surface area (Å²) in [6.07, 6.45) is 3.13. The van der Waals surface area contributed by atoms with Crippen molar-refractivity contribution in [1.82, 2.24) is 19.5 Å². The number of nitrogens with two attached hydrogens (primary N) is 1. The van der Waals surface area contributed by atoms with Crippen molar-refractivity contribution in [3.8, 4) is 0 Å². The number of nitrogens with zero attached hydrogens (tertiary/aromatic N) is 4. The van der Waals surface area contributed by atoms with Crippen LogP contribution in [0.15, 0.2) is 43.0 Å². The number of hydrogen-bond donors (Lipinski definition) is 1. The SMILES string of the molecule is Nc1ncnc2c1ncn2[C@@H]1COC[C@@H]1OCc1ccccc1. The third kappa shape index (κ3) is 2.64. The van der Waals surface area contributed by atoms with Gasteiger partial charge >= 0.3 is 0 Å². The predicted molar refractivity (Wildman–Crippen MR) is 84.6 cm³/mol. The van der Waals surface area contributed by atoms with E-state index in [4.69, 9.17) is 15.2 Å². The summed E-state index contributed by atoms with van der Waals surface area (Å²) in [5.41, 5.74) is 8.31. The second-order valence-electron chi connectivity index (χ2n) is 5.52. The molecule has 7 heteroatoms. The van der Waals surface area contributed by atoms with Crippen LogP contribution in [0, 0.1) is 0 Å². The van der Waals surface area contributed by atoms with Crippen LogP contribution in [0.25, 0.3) is 11.2 Å². The Labute approximate surface area is 133 Å². The molecule has 7 nitrogen and oxygen atoms in total. The van der Waals surface area contributed by atoms with E-state index in [1.54, 1.807) is 6.33 Å². The van der Waals surface area contributed by atoms with E-state index in [1.165, 1.54) is 6.33 Å². The molecular weight excluding hydrogens is 294 g/mol. The highest BCUT2D eigenvalue weighted by atomic mass is 16.5. The van der Waals surface area contributed by atoms with Crippen LogP contribution in [-0.4, -0.2) is 38.8 Å². The van der Waals surface area contributed by atoms with Gasteiger partial charge in [0.05, 0.1) is 32.2 Å². The lowest BCUT2D eigenvalue weighted by Crippen LogP contribution is -2.25. The third-order valence-corrected chi connectivity index (χ3v) is 4.05. The van der Waals surface area contributed by atoms with E-state index in [-0.39, 0.29) is 12.1 Å². The molecule has 1 aromatic carbocycles. The summed E-state index contributed by atoms with van der Waals surface area (Å²) < 4.78 is 13.6. The molecule has 0 unspecified atom stereocenters. The predicted octanol–water partition coefficient (Wildman–Crippen LogP) is 1.57. The Bertz CT molecular complexity index is 805. The van der Waals surface area contributed by atoms with Crippen LogP contribution < -0.4 is 5.73 Å². The molecule has 0 radical (unpaired) electrons. The molecule has 2 atom stereocenters. The smallest absolute Gasteiger partial charge is 0.165 e. The third-order valence-electron chi connectivity index (χ3n) is 4.05. The minimum atomic E-state index is -0.0520. The van der Waals surface area contributed by atoms with E-state index in [0.29, 0.717) is 36.8 Å². The summed E-state index contributed by atoms with van der Waals surface area (Å²) in [4.78, 5) is 12.6. The van der Waals surface area contributed by atoms with Crippen molar-refractivity contribution in [3.05, 3.63) is 48.5 Å². The molecule has 0 saturated carbocycles. The Morgan fingerprint density at radius 2 is 2.04 bits per heavy atom. The van der Waals surface area contributed by atoms with Crippen LogP contribution in [0.1, 0.15) is 11.6 Å². The monoisotopic (exact) mass is 311 g/mol. The Morgan fingerprint density at radius 1 is 1.17 bits per heavy atom. The van der Waals surface area contributed by atoms with Crippen LogP contribution in [0.4, 0.5) is 5.82 Å². The fourth-order valence-corrected chi connectivity index (χ4v) is 2.83. The van der Waals surface area contributed by atoms with Gasteiger partial charge in [-0.15, -0.1) is 0 Å². The lowest BCUT2D eigenvalue weighted by molar-refractivity contribution is 0.0174. The molecule has 1 fully saturated rings. The molecule has 1 aliphatic rings. The van der Waals surface area contributed by atoms with E-state index in [0.717, 1.165) is 5.56 Å². The number of nitrogen functional groups attached to an aromatic ring is 1. The zero-order valence-corrected chi connectivity index (χ0v) is 12.5. The van der Waals surface area contributed by atoms with Crippen molar-refractivity contribution in [2.45, 2.75) is 18.8 Å². The molecule has 0 bridgehead atoms. The first-order valence-corrected chi connectivity index (χ1v) is 7.49. The van der Waals surface area contributed by atoms with E-state index in [2.05, 4.69) is 15.0 Å². The topological polar surface area (TPSA) is 88.1 Å². The lowest BCUT2D eigenvalue weighted by Gasteiger charge is -2.20. The maximum atomic E-state index is 6.06. The Hall–Kier alpha value is -2.51. The van der Waals surface area contributed by atoms with Gasteiger partial charge in [0.1, 0.15) is 17.9 Å². The molecule has 3 aromatic rings. The molecule has 0 spiro atoms. The molecule has 1 aliphatic heterocycles. The van der Waals surface area contributed by atoms with Gasteiger partial charge < -0.3 is 19.8 Å². The number of ether oxygens (including phenoxy) is 2. The number of rotatable bonds is 4. The van der Waals surface area contributed by atoms with Gasteiger partial charge in [-0.05, 0) is 5.56 Å². The second-order valence-corrected chi connectivity index (χ2v) is 5.52. The number of imidazole rings is 1. The minimum Gasteiger partial charge on any atom is -0.382 e. The highest BCUT2D eigenvalue weighted by Crippen LogP contribution is 2.27. The van der Waals surface area contributed by atoms with Gasteiger partial charge in [-0.3, -0.25) is 0 Å². The van der Waals surface area contributed by atoms with E-state index >= 15 is 0 Å². The van der Waals surface area contributed by atoms with E-state index in [1.807, 2.05) is 34.9 Å². The van der Waals surface area contributed by atoms with Crippen molar-refractivity contribution in [2.75, 3.05) is 18.9 Å². The number of benzene rings is 1. The van der Waals surface area contributed by atoms with Gasteiger partial charge in [-0.2, -0.15) is 0 Å². The highest BCUT2D eigenvalue weighted by Gasteiger charge is 2.32. The second kappa shape index (κ2) is 5.94. The van der Waals surface area contributed by atoms with Crippen molar-refractivity contribution < 1.29 is 9.47 Å². The fraction of sp³-hybridized carbons (Fsp3) is 0.312. The number of fused-ring (bicyclic) bond motifs is 1. The van der Waals surface area contributed by atoms with E-state index < -0.39 is 0 Å². The number of hydrogen-bond acceptors (Lipinski definition) is 6. The average molecular weight is 311 g/mol. The zero-order chi connectivity index (χ0) is 15.6. The van der Waals surface area contributed by atoms with Crippen LogP contribution in [0.2, 0.25) is 0 Å². The first-order valence-electron chi connectivity index (χ1n) is 7.49. The number of aromatic nitrogens is 4. The maximum absolute atomic E-state index is 6.06. The average Bonchev–Trinajstić information content (AvgIpc) is 3.20. The van der Waals surface area contributed by atoms with Gasteiger partial charge in [-0.1, -0.05) is 30.3 Å². The van der Waals surface area contributed by atoms with Crippen molar-refractivity contribution in [2.24, 2.45) is 0 Å². The van der Waals surface area contributed by atoms with Crippen LogP contribution in [0.5, 0.6) is 0 Å². The zero-order valence-electron chi connectivity index (χ0n) is 12.5. The van der Waals surface area contributed by atoms with Gasteiger partial charge in [0, 0.05) is 0 Å². The Balaban J connectivity index is 1.56. The lowest BCUT2D eigenvalue weighted by atomic mass is 10.2. The summed E-state index contributed by atoms with van der Waals surface area (Å²) >= 11 is 0. The molecule has 3 heterocycles. The molecule has 2 N–H and O–H groups in total. The van der Waals surface area contributed by atoms with Crippen LogP contribution >= 0.6 is 0 Å². The van der Waals surface area contributed by atoms with Gasteiger partial charge in [0.2, 0.25) is 0 Å². The standard InChI is InChI=1S/C16H17N5O2/c17-15-14-16(19-9-18-15)21(10-20-14)12-7-22-8-13(12)23-6-11-4-2-1-3-5-11/h1-5,9-10,12-13H,6-8H2,(H2,17,18,19)/t12-,13+/m1/s1. The van der Waals surface area contributed by atoms with Crippen molar-refractivity contribution in [1.29, 1.82) is 0 Å². The minimum absolute atomic E-state index is 0.0259. The Morgan fingerprint density at radius 3 is 2.91 bits per heavy atom. The van der Waals surface area contributed by atoms with Crippen molar-refractivity contribution in [3.63, 3.8) is 0 Å². The molecule has 0 aliphatic carbocycles. The maximum Gasteiger partial charge on any atom is 0.165 e. The highest BCUT2D eigenvalue weighted by molar-refractivity contribution is 5.81. The summed E-state index contributed by atoms with van der Waals surface area (Å²) in [6, 6.07) is 10.1. The molecule has 23 heavy (non-hydrogen) atoms. The molecule has 0 amide bonds. The molecule has 118 valence electrons. The summed E-state index contributed by atoms with van der Waals surface area (Å²) in [5.74, 6) is 0.384. The van der Waals surface area contributed by atoms with Gasteiger partial charge in [0.25, 0.3) is 0 Å². The first-order chi connectivity index (χ1) is 11.3. The van der Waals surface area contributed by atoms with Crippen molar-refractivity contribution >= 4 is 17.0 Å². The van der Waals surface area contributed by atoms with Gasteiger partial charge in [0.15, 0.2) is 11.5 Å². The number of anilines is 1. The van der Waals surface area contributed by atoms with E-state index in [9.17, 15) is 0 Å². The fourth-order valence-electron chi connectivity index (χ4n) is 2.83. The molecule has 2 aromatic heterocycles. The normalized spacial score (nSPS) is 21.0. The Kier molecular flexibility index (Phi) is 3.64. The summed E-state index contributed by atoms with van der Waals surface area (Å²) in [6.45, 7) is 1.67. The molecule has 1 saturated heterocycles. The summed E-state index contributed by atoms with van der Waals surface area (Å²) in [5, 5.41) is 0. The molecule has 4 rings (SSSR count). The van der Waals surface area contributed by atoms with Gasteiger partial charge in [-0.25, -0.2) is 15.0 Å². The largest absolute Gasteiger partial charge is 0.382 e. The summed E-state index contributed by atoms with van der Waals surface area (Å²) in [7, 11) is 0. The molecular formula is C16H17N5O2. The quantitative estimate of drug-likeness (QED) is 0.787. The van der Waals surface area contributed by atoms with Crippen LogP contribution in [0.3, 0.4) is 0 Å². The first kappa shape index (κ1) is 14.1. The van der Waals surface area contributed by atoms with Crippen LogP contribution in [-0.2, 0) is 16.1 Å².